The largest absolute Gasteiger partial charge is 0.497 e. The lowest BCUT2D eigenvalue weighted by molar-refractivity contribution is -0.121. The monoisotopic (exact) mass is 415 g/mol. The third-order valence-electron chi connectivity index (χ3n) is 5.07. The van der Waals surface area contributed by atoms with Crippen LogP contribution in [0.5, 0.6) is 5.75 Å². The third-order valence-corrected chi connectivity index (χ3v) is 5.36. The first-order valence-electron chi connectivity index (χ1n) is 9.17. The van der Waals surface area contributed by atoms with Gasteiger partial charge >= 0.3 is 0 Å². The molecule has 0 bridgehead atoms. The number of methoxy groups -OCH3 is 1. The predicted octanol–water partition coefficient (Wildman–Crippen LogP) is 3.43. The second-order valence-corrected chi connectivity index (χ2v) is 7.26. The maximum atomic E-state index is 13.4. The summed E-state index contributed by atoms with van der Waals surface area (Å²) in [6.45, 7) is 0.520. The number of nitrogens with one attached hydrogen (secondary N) is 2. The summed E-state index contributed by atoms with van der Waals surface area (Å²) in [7, 11) is 1.62. The number of carbonyl (C=O) groups excluding carboxylic acids is 2. The highest BCUT2D eigenvalue weighted by Crippen LogP contribution is 2.27. The number of hydrogen-bond donors (Lipinski definition) is 2. The molecule has 1 saturated heterocycles. The number of aromatic amines is 1. The van der Waals surface area contributed by atoms with Crippen molar-refractivity contribution in [1.29, 1.82) is 0 Å². The molecule has 1 atom stereocenters. The zero-order chi connectivity index (χ0) is 20.5. The Labute approximate surface area is 171 Å². The van der Waals surface area contributed by atoms with Gasteiger partial charge in [0.25, 0.3) is 5.91 Å². The first-order chi connectivity index (χ1) is 14.0. The van der Waals surface area contributed by atoms with Crippen LogP contribution in [0.15, 0.2) is 42.6 Å². The number of aromatic nitrogens is 1. The average molecular weight is 416 g/mol. The quantitative estimate of drug-likeness (QED) is 0.605. The maximum Gasteiger partial charge on any atom is 0.251 e. The molecule has 1 aromatic heterocycles. The van der Waals surface area contributed by atoms with Crippen LogP contribution in [0.3, 0.4) is 0 Å². The fourth-order valence-electron chi connectivity index (χ4n) is 3.56. The Morgan fingerprint density at radius 3 is 2.86 bits per heavy atom. The van der Waals surface area contributed by atoms with Crippen LogP contribution in [0.1, 0.15) is 12.0 Å². The second kappa shape index (κ2) is 7.85. The smallest absolute Gasteiger partial charge is 0.251 e. The summed E-state index contributed by atoms with van der Waals surface area (Å²) in [5, 5.41) is 4.08. The van der Waals surface area contributed by atoms with Crippen LogP contribution in [0.4, 0.5) is 10.1 Å². The molecule has 4 rings (SSSR count). The number of carbonyl (C=O) groups is 2. The molecule has 0 spiro atoms. The van der Waals surface area contributed by atoms with Crippen molar-refractivity contribution in [3.63, 3.8) is 0 Å². The third kappa shape index (κ3) is 3.71. The first-order valence-corrected chi connectivity index (χ1v) is 9.55. The van der Waals surface area contributed by atoms with E-state index in [4.69, 9.17) is 16.3 Å². The van der Waals surface area contributed by atoms with Gasteiger partial charge in [-0.2, -0.15) is 0 Å². The Kier molecular flexibility index (Phi) is 5.25. The lowest BCUT2D eigenvalue weighted by Crippen LogP contribution is -2.39. The lowest BCUT2D eigenvalue weighted by Gasteiger charge is -2.16. The number of hydrogen-bond acceptors (Lipinski definition) is 4. The van der Waals surface area contributed by atoms with Crippen LogP contribution < -0.4 is 15.0 Å². The van der Waals surface area contributed by atoms with Crippen molar-refractivity contribution in [1.82, 2.24) is 10.3 Å². The van der Waals surface area contributed by atoms with Crippen LogP contribution in [0.25, 0.3) is 10.9 Å². The highest BCUT2D eigenvalue weighted by Gasteiger charge is 2.39. The van der Waals surface area contributed by atoms with Crippen molar-refractivity contribution in [3.8, 4) is 5.75 Å². The number of nitrogens with zero attached hydrogens (tertiary/aromatic N) is 1. The summed E-state index contributed by atoms with van der Waals surface area (Å²) in [5.41, 5.74) is 2.37. The van der Waals surface area contributed by atoms with E-state index >= 15 is 0 Å². The molecule has 2 amide bonds. The van der Waals surface area contributed by atoms with Crippen LogP contribution in [-0.2, 0) is 16.0 Å². The fraction of sp³-hybridized carbons (Fsp3) is 0.238. The number of anilines is 1. The minimum Gasteiger partial charge on any atom is -0.497 e. The molecule has 1 aliphatic heterocycles. The number of H-pyrrole nitrogens is 1. The molecular weight excluding hydrogens is 397 g/mol. The van der Waals surface area contributed by atoms with Crippen molar-refractivity contribution in [2.75, 3.05) is 18.6 Å². The standard InChI is InChI=1S/C21H19ClFN3O3/c1-29-14-3-5-18-15(9-14)12(11-25-18)6-7-24-19-10-20(27)26(21(19)28)13-2-4-17(23)16(22)8-13/h2-5,8-9,11,19,24-25H,6-7,10H2,1H3/t19-/m0/s1. The predicted molar refractivity (Wildman–Crippen MR) is 109 cm³/mol. The van der Waals surface area contributed by atoms with Crippen LogP contribution in [0, 0.1) is 5.82 Å². The van der Waals surface area contributed by atoms with E-state index in [2.05, 4.69) is 10.3 Å². The van der Waals surface area contributed by atoms with Gasteiger partial charge in [-0.15, -0.1) is 0 Å². The Morgan fingerprint density at radius 2 is 2.10 bits per heavy atom. The van der Waals surface area contributed by atoms with Crippen molar-refractivity contribution in [3.05, 3.63) is 59.0 Å². The molecule has 2 aromatic carbocycles. The average Bonchev–Trinajstić information content (AvgIpc) is 3.24. The molecule has 3 aromatic rings. The Morgan fingerprint density at radius 1 is 1.28 bits per heavy atom. The van der Waals surface area contributed by atoms with E-state index in [-0.39, 0.29) is 28.9 Å². The van der Waals surface area contributed by atoms with Gasteiger partial charge < -0.3 is 15.0 Å². The van der Waals surface area contributed by atoms with E-state index in [9.17, 15) is 14.0 Å². The molecule has 0 aliphatic carbocycles. The summed E-state index contributed by atoms with van der Waals surface area (Å²) in [5.74, 6) is -0.527. The zero-order valence-corrected chi connectivity index (χ0v) is 16.4. The maximum absolute atomic E-state index is 13.4. The fourth-order valence-corrected chi connectivity index (χ4v) is 3.73. The van der Waals surface area contributed by atoms with Crippen LogP contribution in [-0.4, -0.2) is 36.5 Å². The van der Waals surface area contributed by atoms with Crippen molar-refractivity contribution < 1.29 is 18.7 Å². The van der Waals surface area contributed by atoms with Gasteiger partial charge in [0.2, 0.25) is 5.91 Å². The highest BCUT2D eigenvalue weighted by molar-refractivity contribution is 6.31. The number of fused-ring (bicyclic) bond motifs is 1. The summed E-state index contributed by atoms with van der Waals surface area (Å²) >= 11 is 5.78. The summed E-state index contributed by atoms with van der Waals surface area (Å²) in [4.78, 5) is 29.3. The first kappa shape index (κ1) is 19.4. The van der Waals surface area contributed by atoms with E-state index in [1.165, 1.54) is 12.1 Å². The Hall–Kier alpha value is -2.90. The zero-order valence-electron chi connectivity index (χ0n) is 15.7. The number of ether oxygens (including phenoxy) is 1. The molecule has 8 heteroatoms. The summed E-state index contributed by atoms with van der Waals surface area (Å²) in [6.07, 6.45) is 2.66. The van der Waals surface area contributed by atoms with Crippen LogP contribution >= 0.6 is 11.6 Å². The van der Waals surface area contributed by atoms with Crippen molar-refractivity contribution >= 4 is 40.0 Å². The Balaban J connectivity index is 1.42. The van der Waals surface area contributed by atoms with Gasteiger partial charge in [0, 0.05) is 23.6 Å². The van der Waals surface area contributed by atoms with Crippen LogP contribution in [0.2, 0.25) is 5.02 Å². The van der Waals surface area contributed by atoms with Gasteiger partial charge in [0.05, 0.1) is 30.3 Å². The van der Waals surface area contributed by atoms with E-state index in [1.54, 1.807) is 7.11 Å². The molecule has 0 radical (unpaired) electrons. The van der Waals surface area contributed by atoms with E-state index in [0.717, 1.165) is 33.2 Å². The molecule has 2 heterocycles. The van der Waals surface area contributed by atoms with Crippen molar-refractivity contribution in [2.45, 2.75) is 18.9 Å². The molecule has 2 N–H and O–H groups in total. The number of amides is 2. The number of benzene rings is 2. The number of halogens is 2. The summed E-state index contributed by atoms with van der Waals surface area (Å²) in [6, 6.07) is 8.99. The van der Waals surface area contributed by atoms with Gasteiger partial charge in [-0.05, 0) is 48.4 Å². The van der Waals surface area contributed by atoms with E-state index in [1.807, 2.05) is 24.4 Å². The summed E-state index contributed by atoms with van der Waals surface area (Å²) < 4.78 is 18.7. The SMILES string of the molecule is COc1ccc2[nH]cc(CCN[C@H]3CC(=O)N(c4ccc(F)c(Cl)c4)C3=O)c2c1. The molecular formula is C21H19ClFN3O3. The Bertz CT molecular complexity index is 1100. The number of rotatable bonds is 6. The van der Waals surface area contributed by atoms with Gasteiger partial charge in [-0.25, -0.2) is 9.29 Å². The molecule has 150 valence electrons. The normalized spacial score (nSPS) is 16.8. The lowest BCUT2D eigenvalue weighted by atomic mass is 10.1. The molecule has 6 nitrogen and oxygen atoms in total. The van der Waals surface area contributed by atoms with Gasteiger partial charge in [0.15, 0.2) is 0 Å². The minimum absolute atomic E-state index is 0.0511. The topological polar surface area (TPSA) is 74.4 Å². The van der Waals surface area contributed by atoms with E-state index in [0.29, 0.717) is 13.0 Å². The van der Waals surface area contributed by atoms with E-state index < -0.39 is 11.9 Å². The highest BCUT2D eigenvalue weighted by atomic mass is 35.5. The molecule has 0 unspecified atom stereocenters. The molecule has 1 aliphatic rings. The number of imide groups is 1. The molecule has 1 fully saturated rings. The minimum atomic E-state index is -0.619. The van der Waals surface area contributed by atoms with Crippen molar-refractivity contribution in [2.24, 2.45) is 0 Å². The molecule has 0 saturated carbocycles. The van der Waals surface area contributed by atoms with Gasteiger partial charge in [0.1, 0.15) is 11.6 Å². The molecule has 29 heavy (non-hydrogen) atoms. The van der Waals surface area contributed by atoms with Gasteiger partial charge in [-0.3, -0.25) is 9.59 Å². The van der Waals surface area contributed by atoms with Gasteiger partial charge in [-0.1, -0.05) is 11.6 Å². The second-order valence-electron chi connectivity index (χ2n) is 6.85.